The number of carboxylic acids is 1. The van der Waals surface area contributed by atoms with Crippen LogP contribution in [0.3, 0.4) is 0 Å². The Hall–Kier alpha value is -2.04. The van der Waals surface area contributed by atoms with Gasteiger partial charge in [-0.3, -0.25) is 0 Å². The minimum absolute atomic E-state index is 0.445. The number of carbonyl (C=O) groups excluding carboxylic acids is 1. The van der Waals surface area contributed by atoms with Crippen molar-refractivity contribution in [2.45, 2.75) is 31.7 Å². The SMILES string of the molecule is CC(NC(=O)NCCC1CC1)(C(=O)O)c1ccccc1. The van der Waals surface area contributed by atoms with Crippen molar-refractivity contribution in [3.63, 3.8) is 0 Å². The number of nitrogens with one attached hydrogen (secondary N) is 2. The van der Waals surface area contributed by atoms with Crippen molar-refractivity contribution in [2.75, 3.05) is 6.54 Å². The van der Waals surface area contributed by atoms with Crippen molar-refractivity contribution in [1.82, 2.24) is 10.6 Å². The van der Waals surface area contributed by atoms with Gasteiger partial charge in [0.1, 0.15) is 0 Å². The second kappa shape index (κ2) is 5.94. The first-order valence-electron chi connectivity index (χ1n) is 6.87. The van der Waals surface area contributed by atoms with Gasteiger partial charge in [-0.2, -0.15) is 0 Å². The molecule has 0 bridgehead atoms. The summed E-state index contributed by atoms with van der Waals surface area (Å²) >= 11 is 0. The van der Waals surface area contributed by atoms with E-state index in [9.17, 15) is 14.7 Å². The maximum Gasteiger partial charge on any atom is 0.333 e. The van der Waals surface area contributed by atoms with Gasteiger partial charge in [-0.25, -0.2) is 9.59 Å². The van der Waals surface area contributed by atoms with Crippen LogP contribution in [0, 0.1) is 5.92 Å². The highest BCUT2D eigenvalue weighted by atomic mass is 16.4. The van der Waals surface area contributed by atoms with Crippen LogP contribution in [-0.2, 0) is 10.3 Å². The first kappa shape index (κ1) is 14.4. The van der Waals surface area contributed by atoms with Crippen molar-refractivity contribution in [3.8, 4) is 0 Å². The second-order valence-corrected chi connectivity index (χ2v) is 5.41. The molecule has 0 heterocycles. The van der Waals surface area contributed by atoms with E-state index in [1.807, 2.05) is 6.07 Å². The molecule has 0 aromatic heterocycles. The monoisotopic (exact) mass is 276 g/mol. The lowest BCUT2D eigenvalue weighted by Crippen LogP contribution is -2.53. The molecule has 1 aromatic carbocycles. The highest BCUT2D eigenvalue weighted by molar-refractivity contribution is 5.87. The fourth-order valence-electron chi connectivity index (χ4n) is 2.09. The third-order valence-electron chi connectivity index (χ3n) is 3.68. The maximum absolute atomic E-state index is 11.9. The minimum Gasteiger partial charge on any atom is -0.479 e. The fraction of sp³-hybridized carbons (Fsp3) is 0.467. The molecule has 0 spiro atoms. The predicted octanol–water partition coefficient (Wildman–Crippen LogP) is 2.09. The Morgan fingerprint density at radius 3 is 2.50 bits per heavy atom. The molecule has 1 aliphatic rings. The molecule has 1 fully saturated rings. The number of carbonyl (C=O) groups is 2. The number of amides is 2. The molecule has 0 radical (unpaired) electrons. The van der Waals surface area contributed by atoms with Crippen LogP contribution in [0.2, 0.25) is 0 Å². The third kappa shape index (κ3) is 3.50. The van der Waals surface area contributed by atoms with Gasteiger partial charge in [0.05, 0.1) is 0 Å². The molecule has 5 nitrogen and oxygen atoms in total. The molecule has 1 atom stereocenters. The van der Waals surface area contributed by atoms with Crippen molar-refractivity contribution >= 4 is 12.0 Å². The Labute approximate surface area is 118 Å². The predicted molar refractivity (Wildman–Crippen MR) is 75.3 cm³/mol. The van der Waals surface area contributed by atoms with Crippen LogP contribution in [0.1, 0.15) is 31.7 Å². The lowest BCUT2D eigenvalue weighted by molar-refractivity contribution is -0.144. The summed E-state index contributed by atoms with van der Waals surface area (Å²) in [5.74, 6) is -0.351. The topological polar surface area (TPSA) is 78.4 Å². The van der Waals surface area contributed by atoms with E-state index in [2.05, 4.69) is 10.6 Å². The normalized spacial score (nSPS) is 17.1. The molecule has 5 heteroatoms. The second-order valence-electron chi connectivity index (χ2n) is 5.41. The third-order valence-corrected chi connectivity index (χ3v) is 3.68. The van der Waals surface area contributed by atoms with Gasteiger partial charge in [0.25, 0.3) is 0 Å². The summed E-state index contributed by atoms with van der Waals surface area (Å²) in [6.07, 6.45) is 3.43. The standard InChI is InChI=1S/C15H20N2O3/c1-15(13(18)19,12-5-3-2-4-6-12)17-14(20)16-10-9-11-7-8-11/h2-6,11H,7-10H2,1H3,(H,18,19)(H2,16,17,20). The average molecular weight is 276 g/mol. The van der Waals surface area contributed by atoms with E-state index in [1.54, 1.807) is 24.3 Å². The van der Waals surface area contributed by atoms with Crippen LogP contribution >= 0.6 is 0 Å². The van der Waals surface area contributed by atoms with E-state index in [-0.39, 0.29) is 0 Å². The average Bonchev–Trinajstić information content (AvgIpc) is 3.23. The highest BCUT2D eigenvalue weighted by Gasteiger charge is 2.36. The quantitative estimate of drug-likeness (QED) is 0.744. The number of carboxylic acid groups (broad SMARTS) is 1. The largest absolute Gasteiger partial charge is 0.479 e. The van der Waals surface area contributed by atoms with Crippen molar-refractivity contribution < 1.29 is 14.7 Å². The summed E-state index contributed by atoms with van der Waals surface area (Å²) in [5, 5.41) is 14.7. The van der Waals surface area contributed by atoms with E-state index >= 15 is 0 Å². The minimum atomic E-state index is -1.43. The van der Waals surface area contributed by atoms with E-state index < -0.39 is 17.5 Å². The first-order valence-corrected chi connectivity index (χ1v) is 6.87. The van der Waals surface area contributed by atoms with Gasteiger partial charge >= 0.3 is 12.0 Å². The van der Waals surface area contributed by atoms with E-state index in [0.29, 0.717) is 12.1 Å². The smallest absolute Gasteiger partial charge is 0.333 e. The first-order chi connectivity index (χ1) is 9.52. The van der Waals surface area contributed by atoms with Crippen LogP contribution < -0.4 is 10.6 Å². The molecule has 1 aromatic rings. The number of rotatable bonds is 6. The van der Waals surface area contributed by atoms with E-state index in [0.717, 1.165) is 12.3 Å². The molecule has 1 aliphatic carbocycles. The van der Waals surface area contributed by atoms with Crippen molar-refractivity contribution in [1.29, 1.82) is 0 Å². The summed E-state index contributed by atoms with van der Waals surface area (Å²) in [7, 11) is 0. The van der Waals surface area contributed by atoms with Gasteiger partial charge in [0.15, 0.2) is 5.54 Å². The number of urea groups is 1. The van der Waals surface area contributed by atoms with Crippen molar-refractivity contribution in [3.05, 3.63) is 35.9 Å². The molecule has 2 amide bonds. The van der Waals surface area contributed by atoms with Crippen LogP contribution in [0.5, 0.6) is 0 Å². The van der Waals surface area contributed by atoms with E-state index in [1.165, 1.54) is 19.8 Å². The molecule has 2 rings (SSSR count). The van der Waals surface area contributed by atoms with Crippen LogP contribution in [0.4, 0.5) is 4.79 Å². The molecule has 1 saturated carbocycles. The van der Waals surface area contributed by atoms with Gasteiger partial charge in [0, 0.05) is 6.54 Å². The highest BCUT2D eigenvalue weighted by Crippen LogP contribution is 2.31. The lowest BCUT2D eigenvalue weighted by Gasteiger charge is -2.26. The molecule has 3 N–H and O–H groups in total. The molecule has 20 heavy (non-hydrogen) atoms. The van der Waals surface area contributed by atoms with Crippen LogP contribution in [-0.4, -0.2) is 23.7 Å². The zero-order valence-electron chi connectivity index (χ0n) is 11.6. The number of benzene rings is 1. The Bertz CT molecular complexity index is 485. The van der Waals surface area contributed by atoms with E-state index in [4.69, 9.17) is 0 Å². The summed E-state index contributed by atoms with van der Waals surface area (Å²) in [5.41, 5.74) is -0.880. The van der Waals surface area contributed by atoms with Gasteiger partial charge < -0.3 is 15.7 Å². The van der Waals surface area contributed by atoms with Crippen molar-refractivity contribution in [2.24, 2.45) is 5.92 Å². The summed E-state index contributed by atoms with van der Waals surface area (Å²) in [4.78, 5) is 23.4. The molecule has 0 saturated heterocycles. The number of aliphatic carboxylic acids is 1. The van der Waals surface area contributed by atoms with Gasteiger partial charge in [0.2, 0.25) is 0 Å². The number of hydrogen-bond acceptors (Lipinski definition) is 2. The molecule has 1 unspecified atom stereocenters. The summed E-state index contributed by atoms with van der Waals surface area (Å²) < 4.78 is 0. The Kier molecular flexibility index (Phi) is 4.27. The fourth-order valence-corrected chi connectivity index (χ4v) is 2.09. The van der Waals surface area contributed by atoms with Gasteiger partial charge in [-0.1, -0.05) is 43.2 Å². The van der Waals surface area contributed by atoms with Gasteiger partial charge in [-0.15, -0.1) is 0 Å². The zero-order chi connectivity index (χ0) is 14.6. The van der Waals surface area contributed by atoms with Crippen LogP contribution in [0.25, 0.3) is 0 Å². The Morgan fingerprint density at radius 2 is 1.95 bits per heavy atom. The molecule has 0 aliphatic heterocycles. The molecule has 108 valence electrons. The number of hydrogen-bond donors (Lipinski definition) is 3. The lowest BCUT2D eigenvalue weighted by atomic mass is 9.92. The summed E-state index contributed by atoms with van der Waals surface area (Å²) in [6.45, 7) is 2.08. The van der Waals surface area contributed by atoms with Crippen LogP contribution in [0.15, 0.2) is 30.3 Å². The summed E-state index contributed by atoms with van der Waals surface area (Å²) in [6, 6.07) is 8.25. The molecular formula is C15H20N2O3. The maximum atomic E-state index is 11.9. The zero-order valence-corrected chi connectivity index (χ0v) is 11.6. The Balaban J connectivity index is 1.97. The van der Waals surface area contributed by atoms with Gasteiger partial charge in [-0.05, 0) is 24.8 Å². The Morgan fingerprint density at radius 1 is 1.30 bits per heavy atom. The molecular weight excluding hydrogens is 256 g/mol.